The van der Waals surface area contributed by atoms with E-state index in [2.05, 4.69) is 31.7 Å². The second kappa shape index (κ2) is 10.6. The number of carbonyl (C=O) groups is 2. The van der Waals surface area contributed by atoms with Crippen molar-refractivity contribution < 1.29 is 19.2 Å². The Morgan fingerprint density at radius 2 is 1.76 bits per heavy atom. The molecule has 29 heavy (non-hydrogen) atoms. The van der Waals surface area contributed by atoms with Crippen LogP contribution in [0.4, 0.5) is 4.79 Å². The molecule has 152 valence electrons. The van der Waals surface area contributed by atoms with Gasteiger partial charge in [0.05, 0.1) is 0 Å². The van der Waals surface area contributed by atoms with Crippen LogP contribution in [0, 0.1) is 0 Å². The van der Waals surface area contributed by atoms with E-state index in [1.54, 1.807) is 0 Å². The molecule has 0 aliphatic carbocycles. The van der Waals surface area contributed by atoms with E-state index >= 15 is 0 Å². The van der Waals surface area contributed by atoms with Gasteiger partial charge in [-0.3, -0.25) is 4.79 Å². The Hall–Kier alpha value is -2.87. The molecule has 2 amide bonds. The van der Waals surface area contributed by atoms with E-state index in [1.807, 2.05) is 60.7 Å². The molecule has 2 unspecified atom stereocenters. The molecule has 1 aliphatic rings. The first-order valence-corrected chi connectivity index (χ1v) is 10.1. The van der Waals surface area contributed by atoms with E-state index in [1.165, 1.54) is 0 Å². The summed E-state index contributed by atoms with van der Waals surface area (Å²) in [5.41, 5.74) is 1.83. The number of alkyl carbamates (subject to hydrolysis) is 1. The second-order valence-electron chi connectivity index (χ2n) is 6.60. The molecule has 0 aromatic heterocycles. The lowest BCUT2D eigenvalue weighted by atomic mass is 10.1. The summed E-state index contributed by atoms with van der Waals surface area (Å²) in [6.45, 7) is 0.488. The van der Waals surface area contributed by atoms with E-state index in [9.17, 15) is 9.59 Å². The van der Waals surface area contributed by atoms with Crippen LogP contribution in [-0.2, 0) is 27.5 Å². The lowest BCUT2D eigenvalue weighted by Gasteiger charge is -2.20. The molecule has 3 rings (SSSR count). The van der Waals surface area contributed by atoms with Gasteiger partial charge in [0.15, 0.2) is 0 Å². The first kappa shape index (κ1) is 20.9. The van der Waals surface area contributed by atoms with Crippen LogP contribution in [0.2, 0.25) is 0 Å². The maximum atomic E-state index is 12.7. The van der Waals surface area contributed by atoms with Crippen LogP contribution in [0.3, 0.4) is 0 Å². The predicted molar refractivity (Wildman–Crippen MR) is 112 cm³/mol. The number of halogens is 1. The molecule has 2 atom stereocenters. The average molecular weight is 460 g/mol. The monoisotopic (exact) mass is 459 g/mol. The van der Waals surface area contributed by atoms with Gasteiger partial charge in [-0.1, -0.05) is 65.8 Å². The smallest absolute Gasteiger partial charge is 0.408 e. The minimum absolute atomic E-state index is 0.125. The highest BCUT2D eigenvalue weighted by atomic mass is 79.9. The minimum atomic E-state index is -0.805. The van der Waals surface area contributed by atoms with Crippen LogP contribution in [0.1, 0.15) is 24.0 Å². The number of rotatable bonds is 8. The number of hydrogen-bond acceptors (Lipinski definition) is 5. The Bertz CT molecular complexity index is 846. The van der Waals surface area contributed by atoms with Crippen molar-refractivity contribution >= 4 is 32.6 Å². The summed E-state index contributed by atoms with van der Waals surface area (Å²) in [6.07, 6.45) is -0.138. The molecule has 0 radical (unpaired) electrons. The molecule has 2 aromatic carbocycles. The molecular formula is C21H22BrN3O4. The van der Waals surface area contributed by atoms with Crippen molar-refractivity contribution in [3.63, 3.8) is 0 Å². The highest BCUT2D eigenvalue weighted by Gasteiger charge is 2.29. The zero-order chi connectivity index (χ0) is 20.5. The van der Waals surface area contributed by atoms with Gasteiger partial charge in [-0.15, -0.1) is 0 Å². The van der Waals surface area contributed by atoms with Gasteiger partial charge in [-0.2, -0.15) is 0 Å². The number of benzene rings is 2. The van der Waals surface area contributed by atoms with E-state index in [0.29, 0.717) is 17.6 Å². The van der Waals surface area contributed by atoms with Crippen LogP contribution in [0.5, 0.6) is 0 Å². The molecule has 2 N–H and O–H groups in total. The zero-order valence-electron chi connectivity index (χ0n) is 15.7. The zero-order valence-corrected chi connectivity index (χ0v) is 17.3. The van der Waals surface area contributed by atoms with Crippen molar-refractivity contribution in [2.45, 2.75) is 38.1 Å². The van der Waals surface area contributed by atoms with Gasteiger partial charge in [0.2, 0.25) is 5.91 Å². The van der Waals surface area contributed by atoms with Crippen molar-refractivity contribution in [2.75, 3.05) is 0 Å². The summed E-state index contributed by atoms with van der Waals surface area (Å²) < 4.78 is 5.93. The van der Waals surface area contributed by atoms with Crippen molar-refractivity contribution in [3.05, 3.63) is 71.8 Å². The van der Waals surface area contributed by atoms with E-state index in [-0.39, 0.29) is 25.0 Å². The van der Waals surface area contributed by atoms with Gasteiger partial charge >= 0.3 is 6.09 Å². The molecule has 1 aliphatic heterocycles. The molecule has 0 saturated heterocycles. The van der Waals surface area contributed by atoms with Crippen molar-refractivity contribution in [3.8, 4) is 0 Å². The SMILES string of the molecule is O=C(NC(CC1CC(Br)=NO1)C(=O)NCc1ccccc1)OCc1ccccc1. The molecular weight excluding hydrogens is 438 g/mol. The maximum absolute atomic E-state index is 12.7. The number of nitrogens with one attached hydrogen (secondary N) is 2. The molecule has 8 heteroatoms. The molecule has 0 saturated carbocycles. The van der Waals surface area contributed by atoms with Gasteiger partial charge in [0, 0.05) is 19.4 Å². The number of ether oxygens (including phenoxy) is 1. The van der Waals surface area contributed by atoms with Crippen LogP contribution in [-0.4, -0.2) is 28.8 Å². The van der Waals surface area contributed by atoms with Gasteiger partial charge in [0.1, 0.15) is 23.4 Å². The summed E-state index contributed by atoms with van der Waals surface area (Å²) >= 11 is 3.28. The second-order valence-corrected chi connectivity index (χ2v) is 7.51. The normalized spacial score (nSPS) is 16.3. The highest BCUT2D eigenvalue weighted by Crippen LogP contribution is 2.19. The average Bonchev–Trinajstić information content (AvgIpc) is 3.16. The number of carbonyl (C=O) groups excluding carboxylic acids is 2. The molecule has 0 spiro atoms. The largest absolute Gasteiger partial charge is 0.445 e. The summed E-state index contributed by atoms with van der Waals surface area (Å²) in [4.78, 5) is 30.2. The Labute approximate surface area is 177 Å². The van der Waals surface area contributed by atoms with Gasteiger partial charge in [-0.25, -0.2) is 4.79 Å². The highest BCUT2D eigenvalue weighted by molar-refractivity contribution is 9.18. The third kappa shape index (κ3) is 6.90. The molecule has 0 bridgehead atoms. The number of nitrogens with zero attached hydrogens (tertiary/aromatic N) is 1. The summed E-state index contributed by atoms with van der Waals surface area (Å²) in [7, 11) is 0. The first-order chi connectivity index (χ1) is 14.1. The van der Waals surface area contributed by atoms with Crippen LogP contribution >= 0.6 is 15.9 Å². The van der Waals surface area contributed by atoms with Gasteiger partial charge < -0.3 is 20.2 Å². The van der Waals surface area contributed by atoms with Crippen LogP contribution in [0.15, 0.2) is 65.8 Å². The standard InChI is InChI=1S/C21H22BrN3O4/c22-19-12-17(29-25-19)11-18(20(26)23-13-15-7-3-1-4-8-15)24-21(27)28-14-16-9-5-2-6-10-16/h1-10,17-18H,11-14H2,(H,23,26)(H,24,27). The predicted octanol–water partition coefficient (Wildman–Crippen LogP) is 3.49. The number of hydrogen-bond donors (Lipinski definition) is 2. The third-order valence-corrected chi connectivity index (χ3v) is 4.79. The summed E-state index contributed by atoms with van der Waals surface area (Å²) in [6, 6.07) is 18.1. The van der Waals surface area contributed by atoms with E-state index < -0.39 is 12.1 Å². The molecule has 7 nitrogen and oxygen atoms in total. The van der Waals surface area contributed by atoms with Crippen LogP contribution in [0.25, 0.3) is 0 Å². The molecule has 1 heterocycles. The lowest BCUT2D eigenvalue weighted by Crippen LogP contribution is -2.48. The van der Waals surface area contributed by atoms with Crippen molar-refractivity contribution in [2.24, 2.45) is 5.16 Å². The topological polar surface area (TPSA) is 89.0 Å². The lowest BCUT2D eigenvalue weighted by molar-refractivity contribution is -0.124. The van der Waals surface area contributed by atoms with E-state index in [0.717, 1.165) is 11.1 Å². The maximum Gasteiger partial charge on any atom is 0.408 e. The summed E-state index contributed by atoms with van der Waals surface area (Å²) in [5, 5.41) is 9.33. The first-order valence-electron chi connectivity index (χ1n) is 9.27. The molecule has 0 fully saturated rings. The van der Waals surface area contributed by atoms with Crippen molar-refractivity contribution in [1.82, 2.24) is 10.6 Å². The molecule has 2 aromatic rings. The number of oxime groups is 1. The van der Waals surface area contributed by atoms with Crippen molar-refractivity contribution in [1.29, 1.82) is 0 Å². The fourth-order valence-electron chi connectivity index (χ4n) is 2.83. The Morgan fingerprint density at radius 1 is 1.10 bits per heavy atom. The van der Waals surface area contributed by atoms with Gasteiger partial charge in [0.25, 0.3) is 0 Å². The quantitative estimate of drug-likeness (QED) is 0.632. The minimum Gasteiger partial charge on any atom is -0.445 e. The fourth-order valence-corrected chi connectivity index (χ4v) is 3.27. The Kier molecular flexibility index (Phi) is 7.63. The third-order valence-electron chi connectivity index (χ3n) is 4.33. The Balaban J connectivity index is 1.55. The number of amides is 2. The summed E-state index contributed by atoms with van der Waals surface area (Å²) in [5.74, 6) is -0.308. The van der Waals surface area contributed by atoms with Gasteiger partial charge in [-0.05, 0) is 27.1 Å². The fraction of sp³-hybridized carbons (Fsp3) is 0.286. The van der Waals surface area contributed by atoms with Crippen LogP contribution < -0.4 is 10.6 Å². The van der Waals surface area contributed by atoms with E-state index in [4.69, 9.17) is 9.57 Å². The Morgan fingerprint density at radius 3 is 2.38 bits per heavy atom.